The van der Waals surface area contributed by atoms with Gasteiger partial charge in [0.15, 0.2) is 0 Å². The molecule has 1 unspecified atom stereocenters. The molecular formula is C34H34F4N4O6S. The highest BCUT2D eigenvalue weighted by Crippen LogP contribution is 2.46. The molecule has 0 N–H and O–H groups in total. The fourth-order valence-electron chi connectivity index (χ4n) is 6.50. The first-order valence-electron chi connectivity index (χ1n) is 15.5. The van der Waals surface area contributed by atoms with Gasteiger partial charge in [-0.05, 0) is 48.7 Å². The van der Waals surface area contributed by atoms with Crippen molar-refractivity contribution in [3.8, 4) is 17.2 Å². The first-order valence-corrected chi connectivity index (χ1v) is 16.9. The fourth-order valence-corrected chi connectivity index (χ4v) is 7.96. The number of nitrogens with zero attached hydrogens (tertiary/aromatic N) is 4. The van der Waals surface area contributed by atoms with Gasteiger partial charge in [0.1, 0.15) is 45.9 Å². The summed E-state index contributed by atoms with van der Waals surface area (Å²) in [4.78, 5) is 9.44. The molecule has 15 heteroatoms. The third kappa shape index (κ3) is 7.28. The van der Waals surface area contributed by atoms with Gasteiger partial charge >= 0.3 is 6.61 Å². The number of aromatic nitrogens is 2. The van der Waals surface area contributed by atoms with Crippen LogP contribution in [0.2, 0.25) is 0 Å². The summed E-state index contributed by atoms with van der Waals surface area (Å²) < 4.78 is 108. The number of alkyl halides is 2. The Morgan fingerprint density at radius 3 is 2.49 bits per heavy atom. The molecule has 10 nitrogen and oxygen atoms in total. The summed E-state index contributed by atoms with van der Waals surface area (Å²) in [6.45, 7) is -2.71. The van der Waals surface area contributed by atoms with E-state index >= 15 is 4.39 Å². The van der Waals surface area contributed by atoms with Crippen molar-refractivity contribution >= 4 is 15.8 Å². The number of piperidine rings is 1. The number of hydrogen-bond donors (Lipinski definition) is 0. The van der Waals surface area contributed by atoms with Crippen LogP contribution in [0.15, 0.2) is 78.1 Å². The fraction of sp³-hybridized carbons (Fsp3) is 0.353. The van der Waals surface area contributed by atoms with Crippen molar-refractivity contribution in [2.75, 3.05) is 31.7 Å². The Balaban J connectivity index is 1.37. The molecule has 3 heterocycles. The van der Waals surface area contributed by atoms with Crippen LogP contribution in [0.5, 0.6) is 17.2 Å². The van der Waals surface area contributed by atoms with E-state index < -0.39 is 51.4 Å². The second-order valence-corrected chi connectivity index (χ2v) is 13.4. The van der Waals surface area contributed by atoms with Gasteiger partial charge in [0.05, 0.1) is 33.5 Å². The maximum Gasteiger partial charge on any atom is 0.345 e. The highest BCUT2D eigenvalue weighted by Gasteiger charge is 2.40. The first kappa shape index (κ1) is 34.4. The number of likely N-dealkylation sites (tertiary alicyclic amines) is 1. The number of halogens is 4. The zero-order valence-electron chi connectivity index (χ0n) is 26.6. The second-order valence-electron chi connectivity index (χ2n) is 11.6. The minimum atomic E-state index is -4.61. The topological polar surface area (TPSA) is 103 Å². The molecule has 3 aromatic carbocycles. The van der Waals surface area contributed by atoms with Gasteiger partial charge in [-0.15, -0.1) is 0 Å². The Morgan fingerprint density at radius 2 is 1.80 bits per heavy atom. The van der Waals surface area contributed by atoms with Crippen LogP contribution in [-0.4, -0.2) is 63.4 Å². The number of fused-ring (bicyclic) bond motifs is 1. The van der Waals surface area contributed by atoms with Gasteiger partial charge in [-0.1, -0.05) is 12.1 Å². The van der Waals surface area contributed by atoms with Gasteiger partial charge in [0.2, 0.25) is 0 Å². The van der Waals surface area contributed by atoms with Crippen LogP contribution >= 0.6 is 0 Å². The molecular weight excluding hydrogens is 668 g/mol. The van der Waals surface area contributed by atoms with Crippen LogP contribution in [-0.2, 0) is 21.3 Å². The molecule has 49 heavy (non-hydrogen) atoms. The van der Waals surface area contributed by atoms with Crippen molar-refractivity contribution in [3.63, 3.8) is 0 Å². The SMILES string of the molecule is COc1ccc(CN(c2ccncn2)S(=O)(=O)c2cc3c(cc2F)C(N2CC[C@@H](OC(F)F)C[C@H]2c2ccc(F)cc2)CCO3)c(OC)c1. The molecule has 3 atom stereocenters. The summed E-state index contributed by atoms with van der Waals surface area (Å²) in [7, 11) is -1.68. The molecule has 4 aromatic rings. The van der Waals surface area contributed by atoms with Crippen molar-refractivity contribution in [1.82, 2.24) is 14.9 Å². The number of ether oxygens (including phenoxy) is 4. The van der Waals surface area contributed by atoms with Crippen LogP contribution < -0.4 is 18.5 Å². The van der Waals surface area contributed by atoms with Crippen LogP contribution in [0.25, 0.3) is 0 Å². The quantitative estimate of drug-likeness (QED) is 0.164. The molecule has 2 aliphatic heterocycles. The van der Waals surface area contributed by atoms with E-state index in [4.69, 9.17) is 18.9 Å². The van der Waals surface area contributed by atoms with Crippen LogP contribution in [0, 0.1) is 11.6 Å². The van der Waals surface area contributed by atoms with Crippen molar-refractivity contribution in [2.24, 2.45) is 0 Å². The highest BCUT2D eigenvalue weighted by molar-refractivity contribution is 7.92. The van der Waals surface area contributed by atoms with Crippen molar-refractivity contribution < 1.29 is 44.9 Å². The lowest BCUT2D eigenvalue weighted by Crippen LogP contribution is -2.43. The summed E-state index contributed by atoms with van der Waals surface area (Å²) in [5.41, 5.74) is 1.56. The van der Waals surface area contributed by atoms with Gasteiger partial charge in [0, 0.05) is 60.6 Å². The van der Waals surface area contributed by atoms with Gasteiger partial charge in [-0.25, -0.2) is 31.5 Å². The van der Waals surface area contributed by atoms with E-state index in [2.05, 4.69) is 9.97 Å². The molecule has 0 saturated carbocycles. The van der Waals surface area contributed by atoms with Gasteiger partial charge in [-0.3, -0.25) is 4.90 Å². The number of sulfonamides is 1. The van der Waals surface area contributed by atoms with E-state index in [1.54, 1.807) is 30.3 Å². The summed E-state index contributed by atoms with van der Waals surface area (Å²) in [5.74, 6) is -0.435. The molecule has 1 saturated heterocycles. The van der Waals surface area contributed by atoms with Crippen molar-refractivity contribution in [1.29, 1.82) is 0 Å². The minimum absolute atomic E-state index is 0.000172. The smallest absolute Gasteiger partial charge is 0.345 e. The summed E-state index contributed by atoms with van der Waals surface area (Å²) in [5, 5.41) is 0. The monoisotopic (exact) mass is 702 g/mol. The normalized spacial score (nSPS) is 19.6. The maximum absolute atomic E-state index is 16.2. The first-order chi connectivity index (χ1) is 23.6. The number of benzene rings is 3. The molecule has 2 aliphatic rings. The number of anilines is 1. The lowest BCUT2D eigenvalue weighted by Gasteiger charge is -2.45. The van der Waals surface area contributed by atoms with E-state index in [0.29, 0.717) is 41.2 Å². The Morgan fingerprint density at radius 1 is 1.00 bits per heavy atom. The molecule has 0 aliphatic carbocycles. The van der Waals surface area contributed by atoms with Gasteiger partial charge in [-0.2, -0.15) is 8.78 Å². The number of methoxy groups -OCH3 is 2. The average molecular weight is 703 g/mol. The van der Waals surface area contributed by atoms with Crippen LogP contribution in [0.4, 0.5) is 23.4 Å². The summed E-state index contributed by atoms with van der Waals surface area (Å²) >= 11 is 0. The lowest BCUT2D eigenvalue weighted by atomic mass is 9.88. The Labute approximate surface area is 281 Å². The number of hydrogen-bond acceptors (Lipinski definition) is 9. The average Bonchev–Trinajstić information content (AvgIpc) is 3.10. The molecule has 1 fully saturated rings. The van der Waals surface area contributed by atoms with Gasteiger partial charge < -0.3 is 18.9 Å². The molecule has 0 radical (unpaired) electrons. The van der Waals surface area contributed by atoms with E-state index in [1.165, 1.54) is 51.0 Å². The van der Waals surface area contributed by atoms with E-state index in [-0.39, 0.29) is 37.6 Å². The lowest BCUT2D eigenvalue weighted by molar-refractivity contribution is -0.180. The Hall–Kier alpha value is -4.47. The molecule has 6 rings (SSSR count). The number of rotatable bonds is 11. The summed E-state index contributed by atoms with van der Waals surface area (Å²) in [6.07, 6.45) is 2.72. The van der Waals surface area contributed by atoms with Crippen LogP contribution in [0.3, 0.4) is 0 Å². The summed E-state index contributed by atoms with van der Waals surface area (Å²) in [6, 6.07) is 13.5. The second kappa shape index (κ2) is 14.6. The van der Waals surface area contributed by atoms with Crippen molar-refractivity contribution in [3.05, 3.63) is 102 Å². The minimum Gasteiger partial charge on any atom is -0.497 e. The molecule has 0 bridgehead atoms. The van der Waals surface area contributed by atoms with E-state index in [0.717, 1.165) is 10.4 Å². The molecule has 0 amide bonds. The third-order valence-electron chi connectivity index (χ3n) is 8.82. The largest absolute Gasteiger partial charge is 0.497 e. The maximum atomic E-state index is 16.2. The molecule has 0 spiro atoms. The van der Waals surface area contributed by atoms with E-state index in [9.17, 15) is 21.6 Å². The molecule has 260 valence electrons. The highest BCUT2D eigenvalue weighted by atomic mass is 32.2. The van der Waals surface area contributed by atoms with Crippen molar-refractivity contribution in [2.45, 2.75) is 55.5 Å². The molecule has 1 aromatic heterocycles. The Bertz CT molecular complexity index is 1870. The third-order valence-corrected chi connectivity index (χ3v) is 10.6. The zero-order chi connectivity index (χ0) is 34.7. The zero-order valence-corrected chi connectivity index (χ0v) is 27.5. The predicted molar refractivity (Wildman–Crippen MR) is 170 cm³/mol. The standard InChI is InChI=1S/C34H34F4N4O6S/c1-45-24-8-5-22(30(16-24)46-2)19-42(33-9-12-39-20-40-33)49(43,44)32-18-31-26(17-27(32)36)28(11-14-47-31)41-13-10-25(48-34(37)38)15-29(41)21-3-6-23(35)7-4-21/h3-9,12,16-18,20,25,28-29,34H,10-11,13-15,19H2,1-2H3/t25-,28?,29+/m1/s1. The van der Waals surface area contributed by atoms with E-state index in [1.807, 2.05) is 4.90 Å². The van der Waals surface area contributed by atoms with Gasteiger partial charge in [0.25, 0.3) is 10.0 Å². The predicted octanol–water partition coefficient (Wildman–Crippen LogP) is 6.44. The van der Waals surface area contributed by atoms with Crippen LogP contribution in [0.1, 0.15) is 48.0 Å². The Kier molecular flexibility index (Phi) is 10.2.